The lowest BCUT2D eigenvalue weighted by atomic mass is 10.4. The van der Waals surface area contributed by atoms with Crippen molar-refractivity contribution in [2.45, 2.75) is 12.2 Å². The maximum Gasteiger partial charge on any atom is 0.597 e. The van der Waals surface area contributed by atoms with Gasteiger partial charge in [-0.3, -0.25) is 0 Å². The quantitative estimate of drug-likeness (QED) is 0.172. The van der Waals surface area contributed by atoms with Crippen LogP contribution in [0.15, 0.2) is 5.95 Å². The Hall–Kier alpha value is -1.76. The van der Waals surface area contributed by atoms with Crippen molar-refractivity contribution in [3.05, 3.63) is 12.0 Å². The fourth-order valence-electron chi connectivity index (χ4n) is 3.52. The largest absolute Gasteiger partial charge is 0.597 e. The molecule has 0 aromatic rings. The van der Waals surface area contributed by atoms with Gasteiger partial charge >= 0.3 is 18.0 Å². The third-order valence-corrected chi connectivity index (χ3v) is 5.76. The number of aliphatic hydroxyl groups is 1. The fraction of sp³-hybridized carbons (Fsp3) is 0.897. The lowest BCUT2D eigenvalue weighted by molar-refractivity contribution is -0.146. The van der Waals surface area contributed by atoms with Gasteiger partial charge in [0, 0.05) is 0 Å². The summed E-state index contributed by atoms with van der Waals surface area (Å²) in [5.41, 5.74) is 0. The number of esters is 1. The van der Waals surface area contributed by atoms with E-state index in [0.717, 1.165) is 0 Å². The van der Waals surface area contributed by atoms with Gasteiger partial charge in [-0.05, 0) is 0 Å². The summed E-state index contributed by atoms with van der Waals surface area (Å²) in [6.07, 6.45) is 0.990. The molecule has 2 atom stereocenters. The van der Waals surface area contributed by atoms with Crippen LogP contribution in [0.3, 0.4) is 0 Å². The minimum atomic E-state index is -0.939. The Kier molecular flexibility index (Phi) is 26.0. The molecule has 0 aromatic carbocycles. The highest BCUT2D eigenvalue weighted by Gasteiger charge is 2.26. The summed E-state index contributed by atoms with van der Waals surface area (Å²) < 4.78 is 76.7. The molecule has 2 fully saturated rings. The molecule has 2 rings (SSSR count). The summed E-state index contributed by atoms with van der Waals surface area (Å²) in [5, 5.41) is 10.1. The summed E-state index contributed by atoms with van der Waals surface area (Å²) >= 11 is 0. The van der Waals surface area contributed by atoms with Crippen molar-refractivity contribution < 1.29 is 76.2 Å². The van der Waals surface area contributed by atoms with E-state index in [9.17, 15) is 9.90 Å². The molecule has 1 N–H and O–H groups in total. The normalized spacial score (nSPS) is 25.3. The zero-order valence-corrected chi connectivity index (χ0v) is 26.2. The second-order valence-electron chi connectivity index (χ2n) is 9.37. The van der Waals surface area contributed by atoms with Crippen LogP contribution in [0.1, 0.15) is 0 Å². The Morgan fingerprint density at radius 3 is 1.11 bits per heavy atom. The summed E-state index contributed by atoms with van der Waals surface area (Å²) in [5.74, 6) is -1.69. The van der Waals surface area contributed by atoms with Gasteiger partial charge in [-0.25, -0.2) is 0 Å². The minimum absolute atomic E-state index is 0.108. The number of rotatable bonds is 6. The molecule has 0 bridgehead atoms. The molecule has 2 heterocycles. The summed E-state index contributed by atoms with van der Waals surface area (Å²) in [6.45, 7) is 8.06. The van der Waals surface area contributed by atoms with Crippen molar-refractivity contribution in [3.63, 3.8) is 0 Å². The Labute approximate surface area is 265 Å². The molecule has 2 saturated heterocycles. The van der Waals surface area contributed by atoms with E-state index in [-0.39, 0.29) is 39.6 Å². The summed E-state index contributed by atoms with van der Waals surface area (Å²) in [6, 6.07) is 0. The number of hydrogen-bond acceptors (Lipinski definition) is 16. The first kappa shape index (κ1) is 39.4. The van der Waals surface area contributed by atoms with Crippen LogP contribution in [-0.4, -0.2) is 182 Å². The summed E-state index contributed by atoms with van der Waals surface area (Å²) in [7, 11) is 0. The average Bonchev–Trinajstić information content (AvgIpc) is 3.03. The fourth-order valence-corrected chi connectivity index (χ4v) is 3.52. The molecule has 262 valence electrons. The van der Waals surface area contributed by atoms with Crippen LogP contribution in [0.25, 0.3) is 0 Å². The molecule has 0 radical (unpaired) electrons. The van der Waals surface area contributed by atoms with Crippen molar-refractivity contribution in [1.29, 1.82) is 0 Å². The van der Waals surface area contributed by atoms with Crippen LogP contribution in [0.2, 0.25) is 0 Å². The van der Waals surface area contributed by atoms with E-state index in [2.05, 4.69) is 6.08 Å². The molecule has 16 nitrogen and oxygen atoms in total. The van der Waals surface area contributed by atoms with E-state index in [1.54, 1.807) is 0 Å². The SMILES string of the molecule is O=C([C+]=C(O)OCC1COCCOCCOCCOCCOCCO1)OCC1COCCOCCOCCOCCOCCO1. The van der Waals surface area contributed by atoms with E-state index < -0.39 is 24.1 Å². The van der Waals surface area contributed by atoms with Gasteiger partial charge in [-0.15, -0.1) is 0 Å². The second-order valence-corrected chi connectivity index (χ2v) is 9.37. The Morgan fingerprint density at radius 1 is 0.467 bits per heavy atom. The predicted octanol–water partition coefficient (Wildman–Crippen LogP) is -0.288. The average molecular weight is 656 g/mol. The van der Waals surface area contributed by atoms with Gasteiger partial charge in [-0.2, -0.15) is 4.79 Å². The first-order chi connectivity index (χ1) is 22.2. The number of ether oxygens (including phenoxy) is 14. The van der Waals surface area contributed by atoms with Gasteiger partial charge in [0.1, 0.15) is 25.4 Å². The number of hydrogen-bond donors (Lipinski definition) is 1. The Morgan fingerprint density at radius 2 is 0.756 bits per heavy atom. The van der Waals surface area contributed by atoms with Crippen molar-refractivity contribution in [3.8, 4) is 0 Å². The molecule has 0 aromatic heterocycles. The van der Waals surface area contributed by atoms with Gasteiger partial charge in [0.15, 0.2) is 0 Å². The number of carbonyl (C=O) groups is 1. The van der Waals surface area contributed by atoms with E-state index >= 15 is 0 Å². The first-order valence-corrected chi connectivity index (χ1v) is 15.4. The maximum absolute atomic E-state index is 12.3. The standard InChI is InChI=1S/C29H50O16/c30-28(44-24-26-22-40-15-13-36-7-5-32-1-3-34-9-11-38-17-19-42-26)21-29(31)45-25-27-23-41-16-14-37-8-6-33-2-4-35-10-12-39-18-20-43-27/h26-27H,1-20,22-25H2/p+1. The van der Waals surface area contributed by atoms with Crippen molar-refractivity contribution >= 4 is 5.97 Å². The Bertz CT molecular complexity index is 676. The molecule has 2 aliphatic heterocycles. The lowest BCUT2D eigenvalue weighted by Gasteiger charge is -2.17. The summed E-state index contributed by atoms with van der Waals surface area (Å²) in [4.78, 5) is 12.3. The van der Waals surface area contributed by atoms with E-state index in [4.69, 9.17) is 66.3 Å². The number of carbonyl (C=O) groups excluding carboxylic acids is 1. The molecule has 0 spiro atoms. The smallest absolute Gasteiger partial charge is 0.439 e. The zero-order chi connectivity index (χ0) is 31.9. The molecule has 2 unspecified atom stereocenters. The van der Waals surface area contributed by atoms with E-state index in [1.807, 2.05) is 0 Å². The maximum atomic E-state index is 12.3. The molecular formula is C29H51O16+. The van der Waals surface area contributed by atoms with Crippen LogP contribution in [-0.2, 0) is 71.1 Å². The topological polar surface area (TPSA) is 167 Å². The lowest BCUT2D eigenvalue weighted by Crippen LogP contribution is -2.29. The van der Waals surface area contributed by atoms with Gasteiger partial charge in [0.2, 0.25) is 0 Å². The second kappa shape index (κ2) is 29.6. The van der Waals surface area contributed by atoms with E-state index in [0.29, 0.717) is 119 Å². The number of aliphatic hydroxyl groups excluding tert-OH is 1. The van der Waals surface area contributed by atoms with Crippen molar-refractivity contribution in [2.24, 2.45) is 0 Å². The highest BCUT2D eigenvalue weighted by Crippen LogP contribution is 2.03. The molecular weight excluding hydrogens is 604 g/mol. The van der Waals surface area contributed by atoms with Crippen LogP contribution in [0.5, 0.6) is 0 Å². The van der Waals surface area contributed by atoms with Crippen molar-refractivity contribution in [1.82, 2.24) is 0 Å². The highest BCUT2D eigenvalue weighted by molar-refractivity contribution is 5.77. The molecule has 16 heteroatoms. The van der Waals surface area contributed by atoms with Gasteiger partial charge in [-0.1, -0.05) is 0 Å². The van der Waals surface area contributed by atoms with Crippen LogP contribution >= 0.6 is 0 Å². The van der Waals surface area contributed by atoms with Crippen LogP contribution in [0, 0.1) is 6.08 Å². The molecule has 2 aliphatic rings. The zero-order valence-electron chi connectivity index (χ0n) is 26.2. The third kappa shape index (κ3) is 25.1. The van der Waals surface area contributed by atoms with Crippen molar-refractivity contribution in [2.75, 3.05) is 159 Å². The minimum Gasteiger partial charge on any atom is -0.439 e. The predicted molar refractivity (Wildman–Crippen MR) is 154 cm³/mol. The molecule has 0 amide bonds. The van der Waals surface area contributed by atoms with Gasteiger partial charge in [0.25, 0.3) is 0 Å². The van der Waals surface area contributed by atoms with Crippen LogP contribution in [0.4, 0.5) is 0 Å². The Balaban J connectivity index is 1.73. The molecule has 45 heavy (non-hydrogen) atoms. The monoisotopic (exact) mass is 655 g/mol. The van der Waals surface area contributed by atoms with Gasteiger partial charge < -0.3 is 71.4 Å². The highest BCUT2D eigenvalue weighted by atomic mass is 16.6. The molecule has 0 aliphatic carbocycles. The molecule has 0 saturated carbocycles. The third-order valence-electron chi connectivity index (χ3n) is 5.76. The van der Waals surface area contributed by atoms with E-state index in [1.165, 1.54) is 0 Å². The van der Waals surface area contributed by atoms with Crippen LogP contribution < -0.4 is 0 Å². The first-order valence-electron chi connectivity index (χ1n) is 15.4. The van der Waals surface area contributed by atoms with Gasteiger partial charge in [0.05, 0.1) is 145 Å².